The summed E-state index contributed by atoms with van der Waals surface area (Å²) in [6, 6.07) is 14.1. The molecule has 1 amide bonds. The van der Waals surface area contributed by atoms with Crippen LogP contribution in [0.15, 0.2) is 48.5 Å². The lowest BCUT2D eigenvalue weighted by atomic mass is 10.1. The zero-order valence-corrected chi connectivity index (χ0v) is 19.5. The molecule has 7 heteroatoms. The van der Waals surface area contributed by atoms with Crippen molar-refractivity contribution in [3.8, 4) is 5.75 Å². The first-order chi connectivity index (χ1) is 16.6. The van der Waals surface area contributed by atoms with Gasteiger partial charge in [-0.3, -0.25) is 4.79 Å². The van der Waals surface area contributed by atoms with Crippen LogP contribution in [0.4, 0.5) is 10.2 Å². The molecule has 1 unspecified atom stereocenters. The van der Waals surface area contributed by atoms with Crippen molar-refractivity contribution in [1.82, 2.24) is 9.88 Å². The fourth-order valence-electron chi connectivity index (χ4n) is 4.89. The molecule has 2 saturated heterocycles. The zero-order chi connectivity index (χ0) is 23.5. The Hall–Kier alpha value is -3.19. The number of amides is 1. The van der Waals surface area contributed by atoms with Gasteiger partial charge in [-0.25, -0.2) is 9.37 Å². The highest BCUT2D eigenvalue weighted by Gasteiger charge is 2.27. The Morgan fingerprint density at radius 3 is 2.74 bits per heavy atom. The number of carbonyl (C=O) groups is 1. The molecule has 0 spiro atoms. The molecular weight excluding hydrogens is 433 g/mol. The van der Waals surface area contributed by atoms with Gasteiger partial charge in [-0.15, -0.1) is 0 Å². The van der Waals surface area contributed by atoms with Gasteiger partial charge in [0.2, 0.25) is 0 Å². The fourth-order valence-corrected chi connectivity index (χ4v) is 4.89. The number of hydrogen-bond acceptors (Lipinski definition) is 5. The Kier molecular flexibility index (Phi) is 6.63. The maximum atomic E-state index is 14.5. The van der Waals surface area contributed by atoms with Gasteiger partial charge in [0.15, 0.2) is 0 Å². The molecule has 2 aliphatic rings. The molecule has 2 aliphatic heterocycles. The van der Waals surface area contributed by atoms with Gasteiger partial charge in [0, 0.05) is 49.8 Å². The summed E-state index contributed by atoms with van der Waals surface area (Å²) in [6.45, 7) is 3.33. The number of anilines is 1. The van der Waals surface area contributed by atoms with Crippen molar-refractivity contribution in [3.05, 3.63) is 65.5 Å². The van der Waals surface area contributed by atoms with E-state index >= 15 is 0 Å². The zero-order valence-electron chi connectivity index (χ0n) is 19.5. The molecule has 5 rings (SSSR count). The highest BCUT2D eigenvalue weighted by atomic mass is 19.1. The lowest BCUT2D eigenvalue weighted by Gasteiger charge is -2.28. The van der Waals surface area contributed by atoms with E-state index in [1.807, 2.05) is 18.2 Å². The summed E-state index contributed by atoms with van der Waals surface area (Å²) in [5.74, 6) is 0.816. The molecule has 0 bridgehead atoms. The first-order valence-corrected chi connectivity index (χ1v) is 12.0. The topological polar surface area (TPSA) is 54.9 Å². The van der Waals surface area contributed by atoms with E-state index in [1.165, 1.54) is 6.07 Å². The summed E-state index contributed by atoms with van der Waals surface area (Å²) in [7, 11) is 1.65. The molecular formula is C27H30FN3O3. The fraction of sp³-hybridized carbons (Fsp3) is 0.407. The van der Waals surface area contributed by atoms with Crippen molar-refractivity contribution in [1.29, 1.82) is 0 Å². The smallest absolute Gasteiger partial charge is 0.257 e. The molecule has 2 fully saturated rings. The number of carbonyl (C=O) groups excluding carboxylic acids is 1. The molecule has 178 valence electrons. The molecule has 34 heavy (non-hydrogen) atoms. The van der Waals surface area contributed by atoms with Crippen LogP contribution in [0, 0.1) is 5.82 Å². The van der Waals surface area contributed by atoms with Crippen molar-refractivity contribution in [2.75, 3.05) is 38.3 Å². The van der Waals surface area contributed by atoms with Gasteiger partial charge >= 0.3 is 0 Å². The quantitative estimate of drug-likeness (QED) is 0.504. The predicted octanol–water partition coefficient (Wildman–Crippen LogP) is 4.80. The van der Waals surface area contributed by atoms with Crippen molar-refractivity contribution in [2.45, 2.75) is 38.3 Å². The highest BCUT2D eigenvalue weighted by Crippen LogP contribution is 2.30. The largest absolute Gasteiger partial charge is 0.497 e. The number of hydrogen-bond donors (Lipinski definition) is 0. The summed E-state index contributed by atoms with van der Waals surface area (Å²) in [5, 5.41) is 0.981. The Balaban J connectivity index is 1.54. The Morgan fingerprint density at radius 2 is 2.00 bits per heavy atom. The van der Waals surface area contributed by atoms with E-state index < -0.39 is 5.82 Å². The predicted molar refractivity (Wildman–Crippen MR) is 130 cm³/mol. The standard InChI is InChI=1S/C27H30FN3O3/c1-33-21-11-10-19-15-20(26(29-25(19)16-21)30-12-4-5-13-30)17-31(18-22-7-6-14-34-22)27(32)23-8-2-3-9-24(23)28/h2-3,8-11,15-16,22H,4-7,12-14,17-18H2,1H3. The normalized spacial score (nSPS) is 17.9. The van der Waals surface area contributed by atoms with Crippen LogP contribution >= 0.6 is 0 Å². The van der Waals surface area contributed by atoms with Crippen molar-refractivity contribution >= 4 is 22.6 Å². The maximum absolute atomic E-state index is 14.5. The van der Waals surface area contributed by atoms with E-state index in [1.54, 1.807) is 30.2 Å². The van der Waals surface area contributed by atoms with E-state index in [2.05, 4.69) is 11.0 Å². The Labute approximate surface area is 199 Å². The molecule has 0 saturated carbocycles. The average molecular weight is 464 g/mol. The van der Waals surface area contributed by atoms with Crippen LogP contribution in [-0.4, -0.2) is 55.2 Å². The van der Waals surface area contributed by atoms with E-state index in [4.69, 9.17) is 14.5 Å². The van der Waals surface area contributed by atoms with Crippen LogP contribution < -0.4 is 9.64 Å². The minimum absolute atomic E-state index is 0.0383. The van der Waals surface area contributed by atoms with Crippen LogP contribution in [-0.2, 0) is 11.3 Å². The minimum atomic E-state index is -0.506. The van der Waals surface area contributed by atoms with Crippen LogP contribution in [0.5, 0.6) is 5.75 Å². The number of aromatic nitrogens is 1. The first kappa shape index (κ1) is 22.6. The van der Waals surface area contributed by atoms with E-state index in [0.717, 1.165) is 66.8 Å². The Morgan fingerprint density at radius 1 is 1.18 bits per heavy atom. The lowest BCUT2D eigenvalue weighted by molar-refractivity contribution is 0.0504. The molecule has 1 atom stereocenters. The average Bonchev–Trinajstić information content (AvgIpc) is 3.57. The minimum Gasteiger partial charge on any atom is -0.497 e. The Bertz CT molecular complexity index is 1170. The van der Waals surface area contributed by atoms with Gasteiger partial charge in [-0.2, -0.15) is 0 Å². The number of rotatable bonds is 7. The summed E-state index contributed by atoms with van der Waals surface area (Å²) in [6.07, 6.45) is 4.07. The van der Waals surface area contributed by atoms with Gasteiger partial charge in [-0.05, 0) is 56.0 Å². The molecule has 3 heterocycles. The molecule has 0 radical (unpaired) electrons. The third kappa shape index (κ3) is 4.71. The first-order valence-electron chi connectivity index (χ1n) is 12.0. The van der Waals surface area contributed by atoms with Gasteiger partial charge in [0.1, 0.15) is 17.4 Å². The molecule has 0 aliphatic carbocycles. The van der Waals surface area contributed by atoms with E-state index in [-0.39, 0.29) is 17.6 Å². The summed E-state index contributed by atoms with van der Waals surface area (Å²) in [4.78, 5) is 22.5. The SMILES string of the molecule is COc1ccc2cc(CN(CC3CCCO3)C(=O)c3ccccc3F)c(N3CCCC3)nc2c1. The second-order valence-corrected chi connectivity index (χ2v) is 9.02. The number of nitrogens with zero attached hydrogens (tertiary/aromatic N) is 3. The number of benzene rings is 2. The molecule has 3 aromatic rings. The van der Waals surface area contributed by atoms with E-state index in [0.29, 0.717) is 19.7 Å². The van der Waals surface area contributed by atoms with Crippen molar-refractivity contribution in [2.24, 2.45) is 0 Å². The second-order valence-electron chi connectivity index (χ2n) is 9.02. The van der Waals surface area contributed by atoms with Crippen molar-refractivity contribution in [3.63, 3.8) is 0 Å². The van der Waals surface area contributed by atoms with Gasteiger partial charge in [0.25, 0.3) is 5.91 Å². The number of fused-ring (bicyclic) bond motifs is 1. The summed E-state index contributed by atoms with van der Waals surface area (Å²) < 4.78 is 25.8. The van der Waals surface area contributed by atoms with Crippen LogP contribution in [0.1, 0.15) is 41.6 Å². The van der Waals surface area contributed by atoms with Gasteiger partial charge in [-0.1, -0.05) is 12.1 Å². The van der Waals surface area contributed by atoms with Gasteiger partial charge < -0.3 is 19.3 Å². The number of halogens is 1. The molecule has 6 nitrogen and oxygen atoms in total. The second kappa shape index (κ2) is 9.97. The third-order valence-electron chi connectivity index (χ3n) is 6.69. The van der Waals surface area contributed by atoms with Crippen LogP contribution in [0.2, 0.25) is 0 Å². The number of methoxy groups -OCH3 is 1. The maximum Gasteiger partial charge on any atom is 0.257 e. The molecule has 2 aromatic carbocycles. The molecule has 0 N–H and O–H groups in total. The monoisotopic (exact) mass is 463 g/mol. The van der Waals surface area contributed by atoms with Gasteiger partial charge in [0.05, 0.1) is 24.3 Å². The molecule has 1 aromatic heterocycles. The number of ether oxygens (including phenoxy) is 2. The highest BCUT2D eigenvalue weighted by molar-refractivity contribution is 5.94. The number of pyridine rings is 1. The lowest BCUT2D eigenvalue weighted by Crippen LogP contribution is -2.38. The van der Waals surface area contributed by atoms with Crippen LogP contribution in [0.25, 0.3) is 10.9 Å². The van der Waals surface area contributed by atoms with E-state index in [9.17, 15) is 9.18 Å². The van der Waals surface area contributed by atoms with Crippen molar-refractivity contribution < 1.29 is 18.7 Å². The summed E-state index contributed by atoms with van der Waals surface area (Å²) >= 11 is 0. The third-order valence-corrected chi connectivity index (χ3v) is 6.69. The summed E-state index contributed by atoms with van der Waals surface area (Å²) in [5.41, 5.74) is 1.90. The van der Waals surface area contributed by atoms with Crippen LogP contribution in [0.3, 0.4) is 0 Å².